The monoisotopic (exact) mass is 402 g/mol. The zero-order chi connectivity index (χ0) is 19.2. The molecular weight excluding hydrogens is 387 g/mol. The van der Waals surface area contributed by atoms with E-state index in [2.05, 4.69) is 20.8 Å². The average Bonchev–Trinajstić information content (AvgIpc) is 2.66. The molecule has 2 amide bonds. The Morgan fingerprint density at radius 1 is 0.926 bits per heavy atom. The lowest BCUT2D eigenvalue weighted by atomic mass is 10.1. The number of benzene rings is 2. The van der Waals surface area contributed by atoms with Crippen molar-refractivity contribution in [2.75, 3.05) is 17.2 Å². The Hall–Kier alpha value is -2.83. The number of urea groups is 1. The molecule has 0 atom stereocenters. The Morgan fingerprint density at radius 2 is 1.63 bits per heavy atom. The Balaban J connectivity index is 1.62. The van der Waals surface area contributed by atoms with Gasteiger partial charge >= 0.3 is 6.03 Å². The van der Waals surface area contributed by atoms with E-state index in [1.165, 1.54) is 0 Å². The molecule has 2 aromatic carbocycles. The number of nitrogens with one attached hydrogen (secondary N) is 2. The molecule has 1 heterocycles. The van der Waals surface area contributed by atoms with Crippen molar-refractivity contribution >= 4 is 40.6 Å². The van der Waals surface area contributed by atoms with Crippen LogP contribution < -0.4 is 15.4 Å². The van der Waals surface area contributed by atoms with Crippen LogP contribution in [0.15, 0.2) is 54.6 Å². The first-order chi connectivity index (χ1) is 13.0. The maximum Gasteiger partial charge on any atom is 0.323 e. The van der Waals surface area contributed by atoms with E-state index in [0.717, 1.165) is 5.56 Å². The quantitative estimate of drug-likeness (QED) is 0.591. The highest BCUT2D eigenvalue weighted by atomic mass is 35.5. The number of nitrogens with zero attached hydrogens (tertiary/aromatic N) is 2. The second-order valence-electron chi connectivity index (χ2n) is 5.48. The molecule has 2 N–H and O–H groups in total. The van der Waals surface area contributed by atoms with Crippen molar-refractivity contribution in [1.29, 1.82) is 0 Å². The van der Waals surface area contributed by atoms with Gasteiger partial charge < -0.3 is 15.4 Å². The minimum atomic E-state index is -0.387. The maximum absolute atomic E-state index is 12.1. The summed E-state index contributed by atoms with van der Waals surface area (Å²) in [7, 11) is 0. The molecule has 0 spiro atoms. The molecule has 0 fully saturated rings. The molecule has 1 aromatic heterocycles. The number of ether oxygens (including phenoxy) is 1. The van der Waals surface area contributed by atoms with Gasteiger partial charge in [-0.25, -0.2) is 4.79 Å². The van der Waals surface area contributed by atoms with Gasteiger partial charge in [-0.2, -0.15) is 0 Å². The lowest BCUT2D eigenvalue weighted by molar-refractivity contribution is 0.262. The van der Waals surface area contributed by atoms with Crippen LogP contribution >= 0.6 is 23.2 Å². The molecule has 3 rings (SSSR count). The van der Waals surface area contributed by atoms with Crippen LogP contribution in [0.5, 0.6) is 5.88 Å². The van der Waals surface area contributed by atoms with Crippen molar-refractivity contribution in [3.8, 4) is 17.1 Å². The third kappa shape index (κ3) is 5.09. The topological polar surface area (TPSA) is 76.1 Å². The summed E-state index contributed by atoms with van der Waals surface area (Å²) in [5.74, 6) is 0.485. The highest BCUT2D eigenvalue weighted by Gasteiger charge is 2.06. The van der Waals surface area contributed by atoms with E-state index in [9.17, 15) is 4.79 Å². The fourth-order valence-corrected chi connectivity index (χ4v) is 2.59. The molecule has 0 aliphatic carbocycles. The summed E-state index contributed by atoms with van der Waals surface area (Å²) < 4.78 is 5.28. The summed E-state index contributed by atoms with van der Waals surface area (Å²) in [6.07, 6.45) is 0. The molecule has 0 bridgehead atoms. The molecule has 0 aliphatic heterocycles. The van der Waals surface area contributed by atoms with Crippen LogP contribution in [0.2, 0.25) is 10.0 Å². The predicted octanol–water partition coefficient (Wildman–Crippen LogP) is 5.49. The summed E-state index contributed by atoms with van der Waals surface area (Å²) in [5.41, 5.74) is 2.77. The fraction of sp³-hybridized carbons (Fsp3) is 0.105. The first-order valence-electron chi connectivity index (χ1n) is 8.15. The Kier molecular flexibility index (Phi) is 6.11. The van der Waals surface area contributed by atoms with Gasteiger partial charge in [0.15, 0.2) is 0 Å². The smallest absolute Gasteiger partial charge is 0.323 e. The SMILES string of the molecule is CCOc1ccc(-c2ccc(NC(=O)Nc3ccc(Cl)c(Cl)c3)cc2)nn1. The van der Waals surface area contributed by atoms with Gasteiger partial charge in [-0.1, -0.05) is 35.3 Å². The van der Waals surface area contributed by atoms with Crippen LogP contribution in [-0.4, -0.2) is 22.8 Å². The molecule has 0 saturated carbocycles. The van der Waals surface area contributed by atoms with Crippen LogP contribution in [-0.2, 0) is 0 Å². The largest absolute Gasteiger partial charge is 0.477 e. The van der Waals surface area contributed by atoms with Gasteiger partial charge in [0.2, 0.25) is 5.88 Å². The van der Waals surface area contributed by atoms with Gasteiger partial charge in [0.25, 0.3) is 0 Å². The van der Waals surface area contributed by atoms with Gasteiger partial charge in [0, 0.05) is 23.0 Å². The molecule has 0 saturated heterocycles. The number of carbonyl (C=O) groups excluding carboxylic acids is 1. The Bertz CT molecular complexity index is 931. The minimum Gasteiger partial charge on any atom is -0.477 e. The molecule has 3 aromatic rings. The Labute approximate surface area is 166 Å². The van der Waals surface area contributed by atoms with Gasteiger partial charge in [0.1, 0.15) is 0 Å². The van der Waals surface area contributed by atoms with Crippen LogP contribution in [0.1, 0.15) is 6.92 Å². The molecule has 0 radical (unpaired) electrons. The highest BCUT2D eigenvalue weighted by molar-refractivity contribution is 6.42. The molecule has 0 unspecified atom stereocenters. The fourth-order valence-electron chi connectivity index (χ4n) is 2.29. The molecule has 27 heavy (non-hydrogen) atoms. The van der Waals surface area contributed by atoms with E-state index in [4.69, 9.17) is 27.9 Å². The number of halogens is 2. The van der Waals surface area contributed by atoms with E-state index in [-0.39, 0.29) is 6.03 Å². The number of aromatic nitrogens is 2. The molecule has 6 nitrogen and oxygen atoms in total. The lowest BCUT2D eigenvalue weighted by Gasteiger charge is -2.09. The lowest BCUT2D eigenvalue weighted by Crippen LogP contribution is -2.19. The number of anilines is 2. The zero-order valence-corrected chi connectivity index (χ0v) is 15.9. The van der Waals surface area contributed by atoms with E-state index in [0.29, 0.717) is 39.6 Å². The van der Waals surface area contributed by atoms with Crippen molar-refractivity contribution < 1.29 is 9.53 Å². The second kappa shape index (κ2) is 8.70. The van der Waals surface area contributed by atoms with Crippen molar-refractivity contribution in [1.82, 2.24) is 10.2 Å². The summed E-state index contributed by atoms with van der Waals surface area (Å²) in [5, 5.41) is 14.4. The zero-order valence-electron chi connectivity index (χ0n) is 14.4. The molecule has 138 valence electrons. The molecular formula is C19H16Cl2N4O2. The van der Waals surface area contributed by atoms with Crippen molar-refractivity contribution in [2.24, 2.45) is 0 Å². The van der Waals surface area contributed by atoms with Crippen molar-refractivity contribution in [2.45, 2.75) is 6.92 Å². The summed E-state index contributed by atoms with van der Waals surface area (Å²) in [6.45, 7) is 2.43. The standard InChI is InChI=1S/C19H16Cl2N4O2/c1-2-27-18-10-9-17(24-25-18)12-3-5-13(6-4-12)22-19(26)23-14-7-8-15(20)16(21)11-14/h3-11H,2H2,1H3,(H2,22,23,26). The number of hydrogen-bond donors (Lipinski definition) is 2. The van der Waals surface area contributed by atoms with Crippen molar-refractivity contribution in [3.05, 3.63) is 64.6 Å². The average molecular weight is 403 g/mol. The molecule has 0 aliphatic rings. The summed E-state index contributed by atoms with van der Waals surface area (Å²) in [4.78, 5) is 12.1. The molecule has 8 heteroatoms. The number of hydrogen-bond acceptors (Lipinski definition) is 4. The normalized spacial score (nSPS) is 10.3. The third-order valence-electron chi connectivity index (χ3n) is 3.55. The van der Waals surface area contributed by atoms with Gasteiger partial charge in [-0.05, 0) is 43.3 Å². The summed E-state index contributed by atoms with van der Waals surface area (Å²) >= 11 is 11.8. The number of carbonyl (C=O) groups is 1. The first kappa shape index (κ1) is 18.9. The van der Waals surface area contributed by atoms with Crippen LogP contribution in [0.25, 0.3) is 11.3 Å². The minimum absolute atomic E-state index is 0.371. The number of amides is 2. The van der Waals surface area contributed by atoms with Crippen LogP contribution in [0.3, 0.4) is 0 Å². The van der Waals surface area contributed by atoms with E-state index in [1.807, 2.05) is 25.1 Å². The van der Waals surface area contributed by atoms with Crippen LogP contribution in [0.4, 0.5) is 16.2 Å². The summed E-state index contributed by atoms with van der Waals surface area (Å²) in [6, 6.07) is 15.3. The van der Waals surface area contributed by atoms with E-state index in [1.54, 1.807) is 36.4 Å². The number of rotatable bonds is 5. The Morgan fingerprint density at radius 3 is 2.26 bits per heavy atom. The first-order valence-corrected chi connectivity index (χ1v) is 8.91. The maximum atomic E-state index is 12.1. The highest BCUT2D eigenvalue weighted by Crippen LogP contribution is 2.25. The van der Waals surface area contributed by atoms with Gasteiger partial charge in [0.05, 0.1) is 22.3 Å². The third-order valence-corrected chi connectivity index (χ3v) is 4.29. The second-order valence-corrected chi connectivity index (χ2v) is 6.29. The predicted molar refractivity (Wildman–Crippen MR) is 108 cm³/mol. The van der Waals surface area contributed by atoms with E-state index < -0.39 is 0 Å². The van der Waals surface area contributed by atoms with Crippen LogP contribution in [0, 0.1) is 0 Å². The van der Waals surface area contributed by atoms with E-state index >= 15 is 0 Å². The van der Waals surface area contributed by atoms with Crippen molar-refractivity contribution in [3.63, 3.8) is 0 Å². The van der Waals surface area contributed by atoms with Gasteiger partial charge in [-0.3, -0.25) is 0 Å². The van der Waals surface area contributed by atoms with Gasteiger partial charge in [-0.15, -0.1) is 10.2 Å².